The number of rotatable bonds is 7. The van der Waals surface area contributed by atoms with Gasteiger partial charge in [-0.05, 0) is 18.9 Å². The van der Waals surface area contributed by atoms with Gasteiger partial charge in [-0.25, -0.2) is 4.98 Å². The van der Waals surface area contributed by atoms with Crippen LogP contribution in [0.2, 0.25) is 35.7 Å². The van der Waals surface area contributed by atoms with Crippen molar-refractivity contribution in [3.8, 4) is 17.1 Å². The standard InChI is InChI=1S/C17H22Cl2N2O3Si/c1-25(2,3)7-6-23-17-14(19)13(12(18)8-20-17)15-11(9-22)16(24-21-15)10-4-5-10/h8,10,22H,4-7,9H2,1-3H3. The molecule has 0 spiro atoms. The summed E-state index contributed by atoms with van der Waals surface area (Å²) in [6, 6.07) is 1.00. The molecule has 2 heterocycles. The largest absolute Gasteiger partial charge is 0.477 e. The Hall–Kier alpha value is -1.08. The van der Waals surface area contributed by atoms with Crippen LogP contribution >= 0.6 is 23.2 Å². The van der Waals surface area contributed by atoms with Crippen molar-refractivity contribution in [2.45, 2.75) is 51.1 Å². The molecule has 3 rings (SSSR count). The molecule has 2 aromatic rings. The third-order valence-electron chi connectivity index (χ3n) is 4.19. The summed E-state index contributed by atoms with van der Waals surface area (Å²) in [5, 5.41) is 14.6. The van der Waals surface area contributed by atoms with Crippen LogP contribution in [-0.2, 0) is 6.61 Å². The number of nitrogens with zero attached hydrogens (tertiary/aromatic N) is 2. The van der Waals surface area contributed by atoms with E-state index in [2.05, 4.69) is 29.8 Å². The van der Waals surface area contributed by atoms with E-state index in [-0.39, 0.29) is 6.61 Å². The molecule has 0 radical (unpaired) electrons. The lowest BCUT2D eigenvalue weighted by atomic mass is 10.1. The monoisotopic (exact) mass is 400 g/mol. The first kappa shape index (κ1) is 18.7. The van der Waals surface area contributed by atoms with Crippen LogP contribution in [0.25, 0.3) is 11.3 Å². The maximum atomic E-state index is 9.78. The van der Waals surface area contributed by atoms with Crippen LogP contribution in [-0.4, -0.2) is 29.9 Å². The average Bonchev–Trinajstić information content (AvgIpc) is 3.29. The van der Waals surface area contributed by atoms with Gasteiger partial charge in [0.2, 0.25) is 5.88 Å². The Labute approximate surface area is 158 Å². The van der Waals surface area contributed by atoms with E-state index in [1.165, 1.54) is 6.20 Å². The van der Waals surface area contributed by atoms with E-state index in [1.54, 1.807) is 0 Å². The van der Waals surface area contributed by atoms with Crippen LogP contribution in [0.1, 0.15) is 30.1 Å². The maximum Gasteiger partial charge on any atom is 0.233 e. The molecule has 0 unspecified atom stereocenters. The summed E-state index contributed by atoms with van der Waals surface area (Å²) in [5.74, 6) is 1.39. The molecule has 1 saturated carbocycles. The summed E-state index contributed by atoms with van der Waals surface area (Å²) in [6.07, 6.45) is 3.59. The van der Waals surface area contributed by atoms with Gasteiger partial charge < -0.3 is 14.4 Å². The second-order valence-corrected chi connectivity index (χ2v) is 14.0. The molecular weight excluding hydrogens is 379 g/mol. The third kappa shape index (κ3) is 4.19. The van der Waals surface area contributed by atoms with Crippen molar-refractivity contribution in [3.05, 3.63) is 27.6 Å². The summed E-state index contributed by atoms with van der Waals surface area (Å²) < 4.78 is 11.2. The molecule has 1 aliphatic carbocycles. The van der Waals surface area contributed by atoms with Crippen molar-refractivity contribution in [3.63, 3.8) is 0 Å². The zero-order valence-corrected chi connectivity index (χ0v) is 17.1. The van der Waals surface area contributed by atoms with Gasteiger partial charge in [0.05, 0.1) is 24.4 Å². The molecular formula is C17H22Cl2N2O3Si. The van der Waals surface area contributed by atoms with Crippen molar-refractivity contribution >= 4 is 31.3 Å². The van der Waals surface area contributed by atoms with Crippen molar-refractivity contribution in [1.82, 2.24) is 10.1 Å². The smallest absolute Gasteiger partial charge is 0.233 e. The molecule has 0 atom stereocenters. The second kappa shape index (κ2) is 7.27. The molecule has 8 heteroatoms. The Bertz CT molecular complexity index is 770. The summed E-state index contributed by atoms with van der Waals surface area (Å²) in [5.41, 5.74) is 1.61. The highest BCUT2D eigenvalue weighted by Crippen LogP contribution is 2.46. The van der Waals surface area contributed by atoms with E-state index in [1.807, 2.05) is 0 Å². The first-order valence-corrected chi connectivity index (χ1v) is 12.8. The number of halogens is 2. The van der Waals surface area contributed by atoms with Crippen molar-refractivity contribution in [2.75, 3.05) is 6.61 Å². The van der Waals surface area contributed by atoms with Gasteiger partial charge in [0, 0.05) is 25.1 Å². The number of aliphatic hydroxyl groups is 1. The van der Waals surface area contributed by atoms with E-state index < -0.39 is 8.07 Å². The van der Waals surface area contributed by atoms with Crippen LogP contribution in [0.15, 0.2) is 10.7 Å². The molecule has 2 aromatic heterocycles. The van der Waals surface area contributed by atoms with Crippen molar-refractivity contribution in [2.24, 2.45) is 0 Å². The summed E-state index contributed by atoms with van der Waals surface area (Å²) in [4.78, 5) is 4.20. The molecule has 1 fully saturated rings. The van der Waals surface area contributed by atoms with E-state index >= 15 is 0 Å². The van der Waals surface area contributed by atoms with Crippen LogP contribution in [0.3, 0.4) is 0 Å². The molecule has 5 nitrogen and oxygen atoms in total. The van der Waals surface area contributed by atoms with Gasteiger partial charge in [-0.2, -0.15) is 0 Å². The minimum atomic E-state index is -1.22. The fraction of sp³-hybridized carbons (Fsp3) is 0.529. The molecule has 0 bridgehead atoms. The predicted octanol–water partition coefficient (Wildman–Crippen LogP) is 5.13. The Balaban J connectivity index is 1.92. The van der Waals surface area contributed by atoms with Gasteiger partial charge in [0.25, 0.3) is 0 Å². The molecule has 0 saturated heterocycles. The van der Waals surface area contributed by atoms with E-state index in [4.69, 9.17) is 32.5 Å². The number of aliphatic hydroxyl groups excluding tert-OH is 1. The first-order chi connectivity index (χ1) is 11.8. The molecule has 0 aromatic carbocycles. The van der Waals surface area contributed by atoms with Gasteiger partial charge in [0.1, 0.15) is 16.5 Å². The third-order valence-corrected chi connectivity index (χ3v) is 6.54. The van der Waals surface area contributed by atoms with Gasteiger partial charge >= 0.3 is 0 Å². The summed E-state index contributed by atoms with van der Waals surface area (Å²) in [6.45, 7) is 7.22. The highest BCUT2D eigenvalue weighted by molar-refractivity contribution is 6.76. The predicted molar refractivity (Wildman–Crippen MR) is 101 cm³/mol. The number of hydrogen-bond donors (Lipinski definition) is 1. The topological polar surface area (TPSA) is 68.4 Å². The fourth-order valence-electron chi connectivity index (χ4n) is 2.56. The second-order valence-electron chi connectivity index (χ2n) is 7.57. The van der Waals surface area contributed by atoms with Crippen LogP contribution in [0, 0.1) is 0 Å². The van der Waals surface area contributed by atoms with E-state index in [0.29, 0.717) is 45.3 Å². The van der Waals surface area contributed by atoms with Gasteiger partial charge in [-0.3, -0.25) is 0 Å². The molecule has 136 valence electrons. The zero-order chi connectivity index (χ0) is 18.2. The molecule has 1 aliphatic rings. The lowest BCUT2D eigenvalue weighted by Crippen LogP contribution is -2.22. The highest BCUT2D eigenvalue weighted by atomic mass is 35.5. The summed E-state index contributed by atoms with van der Waals surface area (Å²) >= 11 is 12.8. The Morgan fingerprint density at radius 1 is 1.32 bits per heavy atom. The highest BCUT2D eigenvalue weighted by Gasteiger charge is 2.33. The number of aromatic nitrogens is 2. The molecule has 1 N–H and O–H groups in total. The van der Waals surface area contributed by atoms with Crippen LogP contribution in [0.5, 0.6) is 5.88 Å². The molecule has 0 amide bonds. The van der Waals surface area contributed by atoms with E-state index in [0.717, 1.165) is 24.6 Å². The lowest BCUT2D eigenvalue weighted by Gasteiger charge is -2.16. The van der Waals surface area contributed by atoms with Gasteiger partial charge in [-0.1, -0.05) is 48.0 Å². The molecule has 0 aliphatic heterocycles. The SMILES string of the molecule is C[Si](C)(C)CCOc1ncc(Cl)c(-c2noc(C3CC3)c2CO)c1Cl. The van der Waals surface area contributed by atoms with E-state index in [9.17, 15) is 5.11 Å². The quantitative estimate of drug-likeness (QED) is 0.652. The first-order valence-electron chi connectivity index (χ1n) is 8.38. The normalized spacial score (nSPS) is 14.8. The van der Waals surface area contributed by atoms with Gasteiger partial charge in [-0.15, -0.1) is 0 Å². The number of hydrogen-bond acceptors (Lipinski definition) is 5. The van der Waals surface area contributed by atoms with Crippen LogP contribution < -0.4 is 4.74 Å². The van der Waals surface area contributed by atoms with Crippen LogP contribution in [0.4, 0.5) is 0 Å². The van der Waals surface area contributed by atoms with Gasteiger partial charge in [0.15, 0.2) is 0 Å². The summed E-state index contributed by atoms with van der Waals surface area (Å²) in [7, 11) is -1.22. The Morgan fingerprint density at radius 2 is 2.04 bits per heavy atom. The minimum Gasteiger partial charge on any atom is -0.477 e. The molecule has 25 heavy (non-hydrogen) atoms. The average molecular weight is 401 g/mol. The number of ether oxygens (including phenoxy) is 1. The number of pyridine rings is 1. The zero-order valence-electron chi connectivity index (χ0n) is 14.6. The Kier molecular flexibility index (Phi) is 5.44. The van der Waals surface area contributed by atoms with Crippen molar-refractivity contribution < 1.29 is 14.4 Å². The van der Waals surface area contributed by atoms with Crippen molar-refractivity contribution in [1.29, 1.82) is 0 Å². The maximum absolute atomic E-state index is 9.78. The minimum absolute atomic E-state index is 0.175. The lowest BCUT2D eigenvalue weighted by molar-refractivity contribution is 0.277. The Morgan fingerprint density at radius 3 is 2.64 bits per heavy atom. The fourth-order valence-corrected chi connectivity index (χ4v) is 3.85.